The number of aromatic nitrogens is 2. The van der Waals surface area contributed by atoms with Gasteiger partial charge in [-0.15, -0.1) is 0 Å². The van der Waals surface area contributed by atoms with Crippen LogP contribution in [0.3, 0.4) is 0 Å². The maximum Gasteiger partial charge on any atom is 0.354 e. The van der Waals surface area contributed by atoms with Crippen molar-refractivity contribution in [3.05, 3.63) is 53.0 Å². The molecule has 0 bridgehead atoms. The molecule has 0 saturated carbocycles. The molecule has 0 aliphatic carbocycles. The quantitative estimate of drug-likeness (QED) is 0.581. The van der Waals surface area contributed by atoms with E-state index in [-0.39, 0.29) is 16.9 Å². The minimum Gasteiger partial charge on any atom is -0.478 e. The lowest BCUT2D eigenvalue weighted by Crippen LogP contribution is -2.16. The zero-order valence-corrected chi connectivity index (χ0v) is 15.3. The standard InChI is InChI=1S/C18H19N3O6/c1-10-7-11(2)21(20-10)15-6-5-12(8-13(15)17(23)24)19-14(18(25)27-4)9-16(22)26-3/h5-9,19H,1-4H3,(H,23,24)/b14-9+. The van der Waals surface area contributed by atoms with E-state index >= 15 is 0 Å². The highest BCUT2D eigenvalue weighted by Gasteiger charge is 2.18. The molecule has 0 atom stereocenters. The summed E-state index contributed by atoms with van der Waals surface area (Å²) in [5.74, 6) is -2.74. The Morgan fingerprint density at radius 3 is 2.37 bits per heavy atom. The second-order valence-corrected chi connectivity index (χ2v) is 5.57. The number of benzene rings is 1. The minimum atomic E-state index is -1.17. The van der Waals surface area contributed by atoms with Crippen LogP contribution in [0.1, 0.15) is 21.7 Å². The highest BCUT2D eigenvalue weighted by atomic mass is 16.5. The third-order valence-corrected chi connectivity index (χ3v) is 3.61. The van der Waals surface area contributed by atoms with Crippen molar-refractivity contribution in [1.82, 2.24) is 9.78 Å². The van der Waals surface area contributed by atoms with Crippen molar-refractivity contribution in [2.45, 2.75) is 13.8 Å². The Bertz CT molecular complexity index is 929. The fourth-order valence-electron chi connectivity index (χ4n) is 2.43. The van der Waals surface area contributed by atoms with E-state index in [4.69, 9.17) is 0 Å². The van der Waals surface area contributed by atoms with Crippen LogP contribution in [0.4, 0.5) is 5.69 Å². The van der Waals surface area contributed by atoms with Gasteiger partial charge in [-0.1, -0.05) is 0 Å². The Morgan fingerprint density at radius 2 is 1.85 bits per heavy atom. The molecule has 0 aliphatic heterocycles. The average molecular weight is 373 g/mol. The molecular formula is C18H19N3O6. The summed E-state index contributed by atoms with van der Waals surface area (Å²) in [7, 11) is 2.32. The molecule has 2 rings (SSSR count). The number of hydrogen-bond acceptors (Lipinski definition) is 7. The van der Waals surface area contributed by atoms with Crippen molar-refractivity contribution in [3.8, 4) is 5.69 Å². The molecule has 0 radical (unpaired) electrons. The summed E-state index contributed by atoms with van der Waals surface area (Å²) >= 11 is 0. The highest BCUT2D eigenvalue weighted by Crippen LogP contribution is 2.22. The number of hydrogen-bond donors (Lipinski definition) is 2. The van der Waals surface area contributed by atoms with E-state index < -0.39 is 17.9 Å². The van der Waals surface area contributed by atoms with E-state index in [9.17, 15) is 19.5 Å². The Kier molecular flexibility index (Phi) is 5.96. The summed E-state index contributed by atoms with van der Waals surface area (Å²) in [6, 6.07) is 6.28. The first-order valence-corrected chi connectivity index (χ1v) is 7.82. The smallest absolute Gasteiger partial charge is 0.354 e. The van der Waals surface area contributed by atoms with Crippen LogP contribution >= 0.6 is 0 Å². The van der Waals surface area contributed by atoms with Gasteiger partial charge in [0, 0.05) is 11.4 Å². The number of aromatic carboxylic acids is 1. The number of carbonyl (C=O) groups excluding carboxylic acids is 2. The number of rotatable bonds is 6. The van der Waals surface area contributed by atoms with Gasteiger partial charge in [0.25, 0.3) is 0 Å². The maximum atomic E-state index is 11.8. The van der Waals surface area contributed by atoms with Gasteiger partial charge in [-0.05, 0) is 38.1 Å². The van der Waals surface area contributed by atoms with Crippen molar-refractivity contribution >= 4 is 23.6 Å². The lowest BCUT2D eigenvalue weighted by molar-refractivity contribution is -0.138. The van der Waals surface area contributed by atoms with E-state index in [1.165, 1.54) is 17.9 Å². The highest BCUT2D eigenvalue weighted by molar-refractivity contribution is 5.99. The first-order valence-electron chi connectivity index (χ1n) is 7.82. The van der Waals surface area contributed by atoms with Gasteiger partial charge in [0.15, 0.2) is 0 Å². The largest absolute Gasteiger partial charge is 0.478 e. The molecule has 142 valence electrons. The van der Waals surface area contributed by atoms with E-state index in [0.717, 1.165) is 24.6 Å². The van der Waals surface area contributed by atoms with Crippen molar-refractivity contribution in [3.63, 3.8) is 0 Å². The van der Waals surface area contributed by atoms with E-state index in [2.05, 4.69) is 19.9 Å². The first-order chi connectivity index (χ1) is 12.8. The van der Waals surface area contributed by atoms with Crippen LogP contribution in [0.25, 0.3) is 5.69 Å². The van der Waals surface area contributed by atoms with E-state index in [1.54, 1.807) is 19.1 Å². The molecule has 0 fully saturated rings. The SMILES string of the molecule is COC(=O)/C=C(/Nc1ccc(-n2nc(C)cc2C)c(C(=O)O)c1)C(=O)OC. The molecule has 0 saturated heterocycles. The van der Waals surface area contributed by atoms with Gasteiger partial charge in [0.1, 0.15) is 5.70 Å². The van der Waals surface area contributed by atoms with Crippen molar-refractivity contribution in [2.75, 3.05) is 19.5 Å². The predicted octanol–water partition coefficient (Wildman–Crippen LogP) is 1.83. The monoisotopic (exact) mass is 373 g/mol. The maximum absolute atomic E-state index is 11.8. The van der Waals surface area contributed by atoms with Crippen LogP contribution in [0.2, 0.25) is 0 Å². The third kappa shape index (κ3) is 4.51. The van der Waals surface area contributed by atoms with Crippen LogP contribution < -0.4 is 5.32 Å². The van der Waals surface area contributed by atoms with Crippen molar-refractivity contribution < 1.29 is 29.0 Å². The third-order valence-electron chi connectivity index (χ3n) is 3.61. The molecule has 1 heterocycles. The normalized spacial score (nSPS) is 11.0. The van der Waals surface area contributed by atoms with Gasteiger partial charge in [-0.3, -0.25) is 0 Å². The minimum absolute atomic E-state index is 0.0338. The summed E-state index contributed by atoms with van der Waals surface area (Å²) in [6.07, 6.45) is 0.918. The first kappa shape index (κ1) is 19.7. The fourth-order valence-corrected chi connectivity index (χ4v) is 2.43. The summed E-state index contributed by atoms with van der Waals surface area (Å²) in [5, 5.41) is 16.5. The van der Waals surface area contributed by atoms with Gasteiger partial charge in [0.05, 0.1) is 37.2 Å². The lowest BCUT2D eigenvalue weighted by Gasteiger charge is -2.13. The van der Waals surface area contributed by atoms with Gasteiger partial charge in [-0.2, -0.15) is 5.10 Å². The number of carbonyl (C=O) groups is 3. The zero-order valence-electron chi connectivity index (χ0n) is 15.3. The summed E-state index contributed by atoms with van der Waals surface area (Å²) in [6.45, 7) is 3.62. The van der Waals surface area contributed by atoms with Crippen LogP contribution in [0.5, 0.6) is 0 Å². The number of carboxylic acids is 1. The Labute approximate surface area is 155 Å². The Morgan fingerprint density at radius 1 is 1.15 bits per heavy atom. The zero-order chi connectivity index (χ0) is 20.1. The molecule has 9 heteroatoms. The van der Waals surface area contributed by atoms with Crippen LogP contribution in [0.15, 0.2) is 36.0 Å². The molecule has 2 aromatic rings. The number of esters is 2. The van der Waals surface area contributed by atoms with Crippen molar-refractivity contribution in [1.29, 1.82) is 0 Å². The van der Waals surface area contributed by atoms with Crippen molar-refractivity contribution in [2.24, 2.45) is 0 Å². The number of nitrogens with zero attached hydrogens (tertiary/aromatic N) is 2. The predicted molar refractivity (Wildman–Crippen MR) is 95.7 cm³/mol. The summed E-state index contributed by atoms with van der Waals surface area (Å²) in [4.78, 5) is 35.0. The Balaban J connectivity index is 2.47. The van der Waals surface area contributed by atoms with E-state index in [0.29, 0.717) is 5.69 Å². The van der Waals surface area contributed by atoms with Crippen LogP contribution in [-0.2, 0) is 19.1 Å². The molecule has 0 unspecified atom stereocenters. The van der Waals surface area contributed by atoms with E-state index in [1.807, 2.05) is 13.0 Å². The Hall–Kier alpha value is -3.62. The molecule has 1 aromatic heterocycles. The van der Waals surface area contributed by atoms with Crippen LogP contribution in [0, 0.1) is 13.8 Å². The van der Waals surface area contributed by atoms with Gasteiger partial charge >= 0.3 is 17.9 Å². The molecular weight excluding hydrogens is 354 g/mol. The number of ether oxygens (including phenoxy) is 2. The molecule has 1 aromatic carbocycles. The lowest BCUT2D eigenvalue weighted by atomic mass is 10.1. The van der Waals surface area contributed by atoms with Crippen LogP contribution in [-0.4, -0.2) is 47.0 Å². The second kappa shape index (κ2) is 8.17. The molecule has 0 amide bonds. The number of aryl methyl sites for hydroxylation is 2. The number of anilines is 1. The molecule has 9 nitrogen and oxygen atoms in total. The summed E-state index contributed by atoms with van der Waals surface area (Å²) in [5.41, 5.74) is 1.94. The molecule has 0 aliphatic rings. The van der Waals surface area contributed by atoms with Gasteiger partial charge in [-0.25, -0.2) is 19.1 Å². The topological polar surface area (TPSA) is 120 Å². The molecule has 2 N–H and O–H groups in total. The number of methoxy groups -OCH3 is 2. The molecule has 27 heavy (non-hydrogen) atoms. The van der Waals surface area contributed by atoms with Gasteiger partial charge in [0.2, 0.25) is 0 Å². The second-order valence-electron chi connectivity index (χ2n) is 5.57. The number of carboxylic acid groups (broad SMARTS) is 1. The summed E-state index contributed by atoms with van der Waals surface area (Å²) < 4.78 is 10.6. The number of nitrogens with one attached hydrogen (secondary N) is 1. The molecule has 0 spiro atoms. The fraction of sp³-hybridized carbons (Fsp3) is 0.222. The average Bonchev–Trinajstić information content (AvgIpc) is 2.98. The van der Waals surface area contributed by atoms with Gasteiger partial charge < -0.3 is 19.9 Å².